The zero-order valence-corrected chi connectivity index (χ0v) is 11.8. The molecule has 1 aromatic rings. The van der Waals surface area contributed by atoms with E-state index in [4.69, 9.17) is 4.74 Å². The quantitative estimate of drug-likeness (QED) is 0.811. The van der Waals surface area contributed by atoms with Crippen LogP contribution in [0.2, 0.25) is 0 Å². The highest BCUT2D eigenvalue weighted by atomic mass is 16.6. The van der Waals surface area contributed by atoms with Gasteiger partial charge >= 0.3 is 6.09 Å². The summed E-state index contributed by atoms with van der Waals surface area (Å²) in [4.78, 5) is 11.4. The van der Waals surface area contributed by atoms with Crippen LogP contribution in [0.5, 0.6) is 0 Å². The Kier molecular flexibility index (Phi) is 4.73. The van der Waals surface area contributed by atoms with Crippen molar-refractivity contribution in [2.24, 2.45) is 0 Å². The van der Waals surface area contributed by atoms with Crippen molar-refractivity contribution >= 4 is 6.09 Å². The monoisotopic (exact) mass is 250 g/mol. The molecular formula is C14H22N2O2. The zero-order valence-electron chi connectivity index (χ0n) is 11.8. The van der Waals surface area contributed by atoms with Crippen LogP contribution in [0.4, 0.5) is 4.79 Å². The number of nitrogens with one attached hydrogen (secondary N) is 2. The minimum Gasteiger partial charge on any atom is -0.443 e. The van der Waals surface area contributed by atoms with Crippen LogP contribution in [0.3, 0.4) is 0 Å². The summed E-state index contributed by atoms with van der Waals surface area (Å²) in [5, 5.41) is 0. The molecule has 0 fully saturated rings. The molecule has 0 unspecified atom stereocenters. The topological polar surface area (TPSA) is 50.4 Å². The molecular weight excluding hydrogens is 228 g/mol. The number of carbonyl (C=O) groups excluding carboxylic acids is 1. The standard InChI is InChI=1S/C14H22N2O2/c1-10-7-6-8-11(2)12(10)9-15-16-13(17)18-14(3,4)5/h6-8,15H,9H2,1-5H3,(H,16,17). The summed E-state index contributed by atoms with van der Waals surface area (Å²) in [6, 6.07) is 6.13. The van der Waals surface area contributed by atoms with Crippen molar-refractivity contribution in [3.8, 4) is 0 Å². The average Bonchev–Trinajstić information content (AvgIpc) is 2.19. The Labute approximate surface area is 109 Å². The fourth-order valence-electron chi connectivity index (χ4n) is 1.64. The summed E-state index contributed by atoms with van der Waals surface area (Å²) in [5.74, 6) is 0. The lowest BCUT2D eigenvalue weighted by molar-refractivity contribution is 0.0497. The molecule has 100 valence electrons. The Morgan fingerprint density at radius 2 is 1.78 bits per heavy atom. The summed E-state index contributed by atoms with van der Waals surface area (Å²) in [6.45, 7) is 10.2. The van der Waals surface area contributed by atoms with Crippen molar-refractivity contribution in [2.45, 2.75) is 46.8 Å². The minimum absolute atomic E-state index is 0.464. The number of hydrazine groups is 1. The second-order valence-corrected chi connectivity index (χ2v) is 5.35. The summed E-state index contributed by atoms with van der Waals surface area (Å²) in [6.07, 6.45) is -0.464. The van der Waals surface area contributed by atoms with E-state index >= 15 is 0 Å². The van der Waals surface area contributed by atoms with Crippen LogP contribution in [0.15, 0.2) is 18.2 Å². The molecule has 0 radical (unpaired) electrons. The van der Waals surface area contributed by atoms with E-state index in [0.717, 1.165) is 0 Å². The van der Waals surface area contributed by atoms with E-state index in [-0.39, 0.29) is 0 Å². The molecule has 1 aromatic carbocycles. The first kappa shape index (κ1) is 14.5. The molecule has 1 rings (SSSR count). The Morgan fingerprint density at radius 3 is 2.28 bits per heavy atom. The largest absolute Gasteiger partial charge is 0.443 e. The highest BCUT2D eigenvalue weighted by Gasteiger charge is 2.15. The Balaban J connectivity index is 2.45. The first-order chi connectivity index (χ1) is 8.29. The maximum atomic E-state index is 11.4. The smallest absolute Gasteiger partial charge is 0.422 e. The number of benzene rings is 1. The summed E-state index contributed by atoms with van der Waals surface area (Å²) in [7, 11) is 0. The highest BCUT2D eigenvalue weighted by Crippen LogP contribution is 2.12. The lowest BCUT2D eigenvalue weighted by Gasteiger charge is -2.20. The van der Waals surface area contributed by atoms with Gasteiger partial charge in [0.2, 0.25) is 0 Å². The fourth-order valence-corrected chi connectivity index (χ4v) is 1.64. The molecule has 0 atom stereocenters. The van der Waals surface area contributed by atoms with Gasteiger partial charge in [-0.2, -0.15) is 0 Å². The van der Waals surface area contributed by atoms with Crippen LogP contribution in [-0.4, -0.2) is 11.7 Å². The number of hydrogen-bond acceptors (Lipinski definition) is 3. The molecule has 2 N–H and O–H groups in total. The third-order valence-electron chi connectivity index (χ3n) is 2.50. The van der Waals surface area contributed by atoms with Gasteiger partial charge in [0, 0.05) is 6.54 Å². The predicted molar refractivity (Wildman–Crippen MR) is 72.1 cm³/mol. The maximum Gasteiger partial charge on any atom is 0.422 e. The highest BCUT2D eigenvalue weighted by molar-refractivity contribution is 5.67. The summed E-state index contributed by atoms with van der Waals surface area (Å²) >= 11 is 0. The summed E-state index contributed by atoms with van der Waals surface area (Å²) < 4.78 is 5.12. The van der Waals surface area contributed by atoms with E-state index in [2.05, 4.69) is 36.8 Å². The molecule has 0 bridgehead atoms. The maximum absolute atomic E-state index is 11.4. The molecule has 0 saturated carbocycles. The molecule has 0 spiro atoms. The third kappa shape index (κ3) is 4.75. The molecule has 0 aromatic heterocycles. The van der Waals surface area contributed by atoms with Crippen molar-refractivity contribution < 1.29 is 9.53 Å². The van der Waals surface area contributed by atoms with Gasteiger partial charge in [0.05, 0.1) is 0 Å². The molecule has 0 saturated heterocycles. The first-order valence-corrected chi connectivity index (χ1v) is 6.06. The molecule has 4 heteroatoms. The Bertz CT molecular complexity index is 402. The van der Waals surface area contributed by atoms with E-state index in [9.17, 15) is 4.79 Å². The molecule has 0 aliphatic carbocycles. The SMILES string of the molecule is Cc1cccc(C)c1CNNC(=O)OC(C)(C)C. The van der Waals surface area contributed by atoms with Crippen molar-refractivity contribution in [3.63, 3.8) is 0 Å². The van der Waals surface area contributed by atoms with E-state index < -0.39 is 11.7 Å². The fraction of sp³-hybridized carbons (Fsp3) is 0.500. The molecule has 18 heavy (non-hydrogen) atoms. The van der Waals surface area contributed by atoms with E-state index in [1.54, 1.807) is 0 Å². The van der Waals surface area contributed by atoms with Gasteiger partial charge in [0.1, 0.15) is 5.60 Å². The first-order valence-electron chi connectivity index (χ1n) is 6.06. The van der Waals surface area contributed by atoms with Crippen molar-refractivity contribution in [2.75, 3.05) is 0 Å². The zero-order chi connectivity index (χ0) is 13.8. The van der Waals surface area contributed by atoms with E-state index in [1.807, 2.05) is 26.8 Å². The number of rotatable bonds is 3. The second kappa shape index (κ2) is 5.87. The van der Waals surface area contributed by atoms with Gasteiger partial charge in [0.25, 0.3) is 0 Å². The minimum atomic E-state index is -0.482. The van der Waals surface area contributed by atoms with Crippen LogP contribution in [0.25, 0.3) is 0 Å². The molecule has 4 nitrogen and oxygen atoms in total. The Hall–Kier alpha value is -1.55. The molecule has 0 heterocycles. The normalized spacial score (nSPS) is 11.2. The number of ether oxygens (including phenoxy) is 1. The van der Waals surface area contributed by atoms with Gasteiger partial charge in [-0.1, -0.05) is 18.2 Å². The second-order valence-electron chi connectivity index (χ2n) is 5.35. The summed E-state index contributed by atoms with van der Waals surface area (Å²) in [5.41, 5.74) is 8.52. The van der Waals surface area contributed by atoms with E-state index in [0.29, 0.717) is 6.54 Å². The molecule has 0 aliphatic rings. The molecule has 0 aliphatic heterocycles. The van der Waals surface area contributed by atoms with E-state index in [1.165, 1.54) is 16.7 Å². The van der Waals surface area contributed by atoms with Crippen LogP contribution in [0.1, 0.15) is 37.5 Å². The van der Waals surface area contributed by atoms with Gasteiger partial charge in [0.15, 0.2) is 0 Å². The lowest BCUT2D eigenvalue weighted by atomic mass is 10.0. The van der Waals surface area contributed by atoms with Crippen molar-refractivity contribution in [3.05, 3.63) is 34.9 Å². The van der Waals surface area contributed by atoms with Gasteiger partial charge in [-0.25, -0.2) is 10.2 Å². The number of aryl methyl sites for hydroxylation is 2. The van der Waals surface area contributed by atoms with Crippen LogP contribution in [0, 0.1) is 13.8 Å². The van der Waals surface area contributed by atoms with Crippen LogP contribution in [-0.2, 0) is 11.3 Å². The predicted octanol–water partition coefficient (Wildman–Crippen LogP) is 2.83. The van der Waals surface area contributed by atoms with Gasteiger partial charge in [-0.15, -0.1) is 0 Å². The Morgan fingerprint density at radius 1 is 1.22 bits per heavy atom. The van der Waals surface area contributed by atoms with Gasteiger partial charge < -0.3 is 4.74 Å². The number of amides is 1. The van der Waals surface area contributed by atoms with Gasteiger partial charge in [-0.3, -0.25) is 5.43 Å². The number of carbonyl (C=O) groups is 1. The lowest BCUT2D eigenvalue weighted by Crippen LogP contribution is -2.40. The van der Waals surface area contributed by atoms with Crippen LogP contribution < -0.4 is 10.9 Å². The van der Waals surface area contributed by atoms with Gasteiger partial charge in [-0.05, 0) is 51.3 Å². The molecule has 1 amide bonds. The van der Waals surface area contributed by atoms with Crippen molar-refractivity contribution in [1.29, 1.82) is 0 Å². The van der Waals surface area contributed by atoms with Crippen molar-refractivity contribution in [1.82, 2.24) is 10.9 Å². The number of hydrogen-bond donors (Lipinski definition) is 2. The third-order valence-corrected chi connectivity index (χ3v) is 2.50. The average molecular weight is 250 g/mol. The van der Waals surface area contributed by atoms with Crippen LogP contribution >= 0.6 is 0 Å².